The SMILES string of the molecule is CCCCC/C=C\C=C\C(=O)OCC.CCCCCC=CC=CC(=O)O. The van der Waals surface area contributed by atoms with Crippen molar-refractivity contribution >= 4 is 11.9 Å². The summed E-state index contributed by atoms with van der Waals surface area (Å²) in [5.41, 5.74) is 0. The van der Waals surface area contributed by atoms with E-state index < -0.39 is 5.97 Å². The van der Waals surface area contributed by atoms with Crippen LogP contribution in [0.2, 0.25) is 0 Å². The van der Waals surface area contributed by atoms with Crippen LogP contribution in [0.1, 0.15) is 72.1 Å². The lowest BCUT2D eigenvalue weighted by atomic mass is 10.2. The Morgan fingerprint density at radius 1 is 0.769 bits per heavy atom. The molecule has 0 aromatic carbocycles. The Kier molecular flexibility index (Phi) is 23.0. The maximum Gasteiger partial charge on any atom is 0.330 e. The number of rotatable bonds is 13. The normalized spacial score (nSPS) is 11.3. The minimum Gasteiger partial charge on any atom is -0.478 e. The molecule has 0 aliphatic carbocycles. The van der Waals surface area contributed by atoms with Crippen molar-refractivity contribution in [3.8, 4) is 0 Å². The van der Waals surface area contributed by atoms with E-state index in [0.29, 0.717) is 6.61 Å². The van der Waals surface area contributed by atoms with Crippen LogP contribution in [0.25, 0.3) is 0 Å². The van der Waals surface area contributed by atoms with E-state index in [4.69, 9.17) is 9.84 Å². The van der Waals surface area contributed by atoms with E-state index in [1.54, 1.807) is 25.2 Å². The Labute approximate surface area is 159 Å². The standard InChI is InChI=1S/C12H20O2.C10H16O2/c1-3-5-6-7-8-9-10-11-12(13)14-4-2;1-2-3-4-5-6-7-8-9-10(11)12/h8-11H,3-7H2,1-2H3;6-9H,2-5H2,1H3,(H,11,12)/b9-8-,11-10+;. The van der Waals surface area contributed by atoms with Crippen molar-refractivity contribution in [1.82, 2.24) is 0 Å². The van der Waals surface area contributed by atoms with Crippen LogP contribution < -0.4 is 0 Å². The van der Waals surface area contributed by atoms with E-state index in [9.17, 15) is 9.59 Å². The molecule has 1 N–H and O–H groups in total. The van der Waals surface area contributed by atoms with E-state index in [1.165, 1.54) is 44.6 Å². The molecule has 0 atom stereocenters. The second-order valence-electron chi connectivity index (χ2n) is 5.66. The van der Waals surface area contributed by atoms with Crippen molar-refractivity contribution in [2.24, 2.45) is 0 Å². The summed E-state index contributed by atoms with van der Waals surface area (Å²) >= 11 is 0. The van der Waals surface area contributed by atoms with Crippen LogP contribution in [0, 0.1) is 0 Å². The van der Waals surface area contributed by atoms with E-state index in [2.05, 4.69) is 19.9 Å². The Bertz CT molecular complexity index is 445. The molecule has 148 valence electrons. The molecule has 0 aliphatic heterocycles. The number of hydrogen-bond acceptors (Lipinski definition) is 3. The van der Waals surface area contributed by atoms with Gasteiger partial charge in [0, 0.05) is 12.2 Å². The molecule has 0 aliphatic rings. The first kappa shape index (κ1) is 26.1. The van der Waals surface area contributed by atoms with Gasteiger partial charge >= 0.3 is 11.9 Å². The van der Waals surface area contributed by atoms with Gasteiger partial charge in [0.1, 0.15) is 0 Å². The lowest BCUT2D eigenvalue weighted by Crippen LogP contribution is -1.98. The van der Waals surface area contributed by atoms with Crippen LogP contribution in [0.15, 0.2) is 48.6 Å². The fourth-order valence-electron chi connectivity index (χ4n) is 1.84. The van der Waals surface area contributed by atoms with Gasteiger partial charge < -0.3 is 9.84 Å². The molecule has 0 heterocycles. The topological polar surface area (TPSA) is 63.6 Å². The zero-order valence-corrected chi connectivity index (χ0v) is 16.7. The van der Waals surface area contributed by atoms with Crippen molar-refractivity contribution in [2.75, 3.05) is 6.61 Å². The number of carbonyl (C=O) groups excluding carboxylic acids is 1. The molecule has 0 rings (SSSR count). The third kappa shape index (κ3) is 26.8. The van der Waals surface area contributed by atoms with Gasteiger partial charge in [-0.2, -0.15) is 0 Å². The second kappa shape index (κ2) is 22.9. The minimum absolute atomic E-state index is 0.272. The second-order valence-corrected chi connectivity index (χ2v) is 5.66. The van der Waals surface area contributed by atoms with Gasteiger partial charge in [-0.3, -0.25) is 0 Å². The molecule has 4 nitrogen and oxygen atoms in total. The average Bonchev–Trinajstić information content (AvgIpc) is 2.61. The number of carboxylic acids is 1. The molecule has 26 heavy (non-hydrogen) atoms. The molecular formula is C22H36O4. The Morgan fingerprint density at radius 3 is 1.69 bits per heavy atom. The number of allylic oxidation sites excluding steroid dienone is 6. The molecule has 0 aromatic heterocycles. The summed E-state index contributed by atoms with van der Waals surface area (Å²) in [4.78, 5) is 20.8. The molecule has 0 unspecified atom stereocenters. The monoisotopic (exact) mass is 364 g/mol. The number of aliphatic carboxylic acids is 1. The molecule has 0 spiro atoms. The predicted octanol–water partition coefficient (Wildman–Crippen LogP) is 6.01. The summed E-state index contributed by atoms with van der Waals surface area (Å²) in [6.45, 7) is 6.58. The highest BCUT2D eigenvalue weighted by Crippen LogP contribution is 2.00. The molecule has 0 saturated heterocycles. The summed E-state index contributed by atoms with van der Waals surface area (Å²) in [7, 11) is 0. The summed E-state index contributed by atoms with van der Waals surface area (Å²) in [6, 6.07) is 0. The molecule has 0 saturated carbocycles. The third-order valence-electron chi connectivity index (χ3n) is 3.20. The van der Waals surface area contributed by atoms with Crippen molar-refractivity contribution < 1.29 is 19.4 Å². The van der Waals surface area contributed by atoms with Crippen molar-refractivity contribution in [1.29, 1.82) is 0 Å². The number of ether oxygens (including phenoxy) is 1. The first-order chi connectivity index (χ1) is 12.6. The lowest BCUT2D eigenvalue weighted by Gasteiger charge is -1.92. The van der Waals surface area contributed by atoms with E-state index in [1.807, 2.05) is 12.2 Å². The van der Waals surface area contributed by atoms with E-state index in [-0.39, 0.29) is 5.97 Å². The molecule has 0 radical (unpaired) electrons. The van der Waals surface area contributed by atoms with Gasteiger partial charge in [-0.05, 0) is 32.6 Å². The van der Waals surface area contributed by atoms with Crippen molar-refractivity contribution in [2.45, 2.75) is 72.1 Å². The minimum atomic E-state index is -0.895. The number of unbranched alkanes of at least 4 members (excludes halogenated alkanes) is 6. The van der Waals surface area contributed by atoms with E-state index >= 15 is 0 Å². The molecule has 0 fully saturated rings. The average molecular weight is 365 g/mol. The van der Waals surface area contributed by atoms with Crippen LogP contribution in [-0.4, -0.2) is 23.7 Å². The molecule has 4 heteroatoms. The fraction of sp³-hybridized carbons (Fsp3) is 0.545. The number of esters is 1. The largest absolute Gasteiger partial charge is 0.478 e. The Hall–Kier alpha value is -2.10. The van der Waals surface area contributed by atoms with Crippen molar-refractivity contribution in [3.05, 3.63) is 48.6 Å². The Balaban J connectivity index is 0. The van der Waals surface area contributed by atoms with Gasteiger partial charge in [-0.15, -0.1) is 0 Å². The zero-order chi connectivity index (χ0) is 19.9. The van der Waals surface area contributed by atoms with Crippen LogP contribution in [0.4, 0.5) is 0 Å². The lowest BCUT2D eigenvalue weighted by molar-refractivity contribution is -0.137. The van der Waals surface area contributed by atoms with Crippen LogP contribution >= 0.6 is 0 Å². The van der Waals surface area contributed by atoms with Gasteiger partial charge in [0.25, 0.3) is 0 Å². The Morgan fingerprint density at radius 2 is 1.27 bits per heavy atom. The maximum atomic E-state index is 10.8. The highest BCUT2D eigenvalue weighted by Gasteiger charge is 1.89. The third-order valence-corrected chi connectivity index (χ3v) is 3.20. The van der Waals surface area contributed by atoms with Gasteiger partial charge in [-0.1, -0.05) is 76.0 Å². The maximum absolute atomic E-state index is 10.8. The van der Waals surface area contributed by atoms with Gasteiger partial charge in [-0.25, -0.2) is 9.59 Å². The summed E-state index contributed by atoms with van der Waals surface area (Å²) in [5, 5.41) is 8.23. The summed E-state index contributed by atoms with van der Waals surface area (Å²) in [5.74, 6) is -1.17. The number of carbonyl (C=O) groups is 2. The first-order valence-electron chi connectivity index (χ1n) is 9.64. The molecule has 0 aromatic rings. The van der Waals surface area contributed by atoms with E-state index in [0.717, 1.165) is 18.9 Å². The number of carboxylic acid groups (broad SMARTS) is 1. The van der Waals surface area contributed by atoms with Gasteiger partial charge in [0.05, 0.1) is 6.61 Å². The molecule has 0 amide bonds. The summed E-state index contributed by atoms with van der Waals surface area (Å²) < 4.78 is 4.73. The summed E-state index contributed by atoms with van der Waals surface area (Å²) in [6.07, 6.45) is 23.1. The fourth-order valence-corrected chi connectivity index (χ4v) is 1.84. The van der Waals surface area contributed by atoms with Crippen LogP contribution in [-0.2, 0) is 14.3 Å². The highest BCUT2D eigenvalue weighted by atomic mass is 16.5. The van der Waals surface area contributed by atoms with Crippen molar-refractivity contribution in [3.63, 3.8) is 0 Å². The van der Waals surface area contributed by atoms with Crippen LogP contribution in [0.3, 0.4) is 0 Å². The smallest absolute Gasteiger partial charge is 0.330 e. The number of hydrogen-bond donors (Lipinski definition) is 1. The van der Waals surface area contributed by atoms with Crippen LogP contribution in [0.5, 0.6) is 0 Å². The quantitative estimate of drug-likeness (QED) is 0.188. The first-order valence-corrected chi connectivity index (χ1v) is 9.64. The highest BCUT2D eigenvalue weighted by molar-refractivity contribution is 5.82. The molecule has 0 bridgehead atoms. The molecular weight excluding hydrogens is 328 g/mol. The van der Waals surface area contributed by atoms with Gasteiger partial charge in [0.2, 0.25) is 0 Å². The predicted molar refractivity (Wildman–Crippen MR) is 109 cm³/mol. The van der Waals surface area contributed by atoms with Gasteiger partial charge in [0.15, 0.2) is 0 Å². The zero-order valence-electron chi connectivity index (χ0n) is 16.7.